The Morgan fingerprint density at radius 1 is 1.16 bits per heavy atom. The zero-order valence-corrected chi connectivity index (χ0v) is 22.0. The summed E-state index contributed by atoms with van der Waals surface area (Å²) in [7, 11) is 0. The number of ether oxygens (including phenoxy) is 2. The second kappa shape index (κ2) is 9.29. The summed E-state index contributed by atoms with van der Waals surface area (Å²) >= 11 is 1.34. The first-order valence-corrected chi connectivity index (χ1v) is 13.4. The number of anilines is 1. The zero-order valence-electron chi connectivity index (χ0n) is 21.2. The van der Waals surface area contributed by atoms with E-state index >= 15 is 0 Å². The molecule has 1 amide bonds. The Kier molecular flexibility index (Phi) is 5.91. The Morgan fingerprint density at radius 2 is 2.00 bits per heavy atom. The van der Waals surface area contributed by atoms with Crippen LogP contribution in [0, 0.1) is 6.92 Å². The van der Waals surface area contributed by atoms with Crippen molar-refractivity contribution in [3.05, 3.63) is 88.5 Å². The Bertz CT molecular complexity index is 1640. The molecule has 0 aliphatic carbocycles. The van der Waals surface area contributed by atoms with E-state index in [1.807, 2.05) is 63.2 Å². The molecule has 7 nitrogen and oxygen atoms in total. The van der Waals surface area contributed by atoms with Gasteiger partial charge in [-0.25, -0.2) is 4.98 Å². The highest BCUT2D eigenvalue weighted by molar-refractivity contribution is 7.22. The molecule has 38 heavy (non-hydrogen) atoms. The standard InChI is InChI=1S/C30H26N2O5S/c1-4-36-21-7-5-6-18(15-21)26-25(27(33)19-9-11-23-20(14-19)13-17(3)37-23)28(34)29(35)32(26)30-31-22-10-8-16(2)12-24(22)38-30/h5-12,14-15,17,26,33H,4,13H2,1-3H3/b27-25+/t17-,26+/m1/s1. The third kappa shape index (κ3) is 4.01. The topological polar surface area (TPSA) is 89.0 Å². The zero-order chi connectivity index (χ0) is 26.6. The van der Waals surface area contributed by atoms with Crippen LogP contribution in [0.25, 0.3) is 16.0 Å². The Balaban J connectivity index is 1.54. The van der Waals surface area contributed by atoms with Crippen molar-refractivity contribution >= 4 is 44.1 Å². The number of aliphatic hydroxyl groups is 1. The van der Waals surface area contributed by atoms with E-state index in [2.05, 4.69) is 0 Å². The van der Waals surface area contributed by atoms with Crippen molar-refractivity contribution in [3.8, 4) is 11.5 Å². The fourth-order valence-corrected chi connectivity index (χ4v) is 6.22. The van der Waals surface area contributed by atoms with Crippen LogP contribution in [0.1, 0.15) is 42.1 Å². The number of amides is 1. The number of ketones is 1. The van der Waals surface area contributed by atoms with Crippen molar-refractivity contribution in [2.24, 2.45) is 0 Å². The van der Waals surface area contributed by atoms with Gasteiger partial charge < -0.3 is 14.6 Å². The lowest BCUT2D eigenvalue weighted by Crippen LogP contribution is -2.29. The maximum atomic E-state index is 13.6. The minimum atomic E-state index is -0.875. The van der Waals surface area contributed by atoms with Gasteiger partial charge in [0.1, 0.15) is 23.4 Å². The quantitative estimate of drug-likeness (QED) is 0.196. The predicted octanol–water partition coefficient (Wildman–Crippen LogP) is 5.95. The summed E-state index contributed by atoms with van der Waals surface area (Å²) in [5.41, 5.74) is 3.89. The minimum Gasteiger partial charge on any atom is -0.507 e. The predicted molar refractivity (Wildman–Crippen MR) is 147 cm³/mol. The molecule has 0 unspecified atom stereocenters. The minimum absolute atomic E-state index is 0.0194. The molecule has 192 valence electrons. The molecule has 2 atom stereocenters. The molecule has 0 saturated carbocycles. The monoisotopic (exact) mass is 526 g/mol. The van der Waals surface area contributed by atoms with Gasteiger partial charge in [0.15, 0.2) is 5.13 Å². The summed E-state index contributed by atoms with van der Waals surface area (Å²) in [4.78, 5) is 33.2. The molecule has 3 aromatic carbocycles. The van der Waals surface area contributed by atoms with Gasteiger partial charge in [-0.15, -0.1) is 0 Å². The van der Waals surface area contributed by atoms with E-state index < -0.39 is 17.7 Å². The molecule has 2 aliphatic rings. The summed E-state index contributed by atoms with van der Waals surface area (Å²) in [6.07, 6.45) is 0.743. The van der Waals surface area contributed by atoms with Gasteiger partial charge in [-0.05, 0) is 79.9 Å². The third-order valence-electron chi connectivity index (χ3n) is 6.84. The molecule has 1 fully saturated rings. The number of carbonyl (C=O) groups excluding carboxylic acids is 2. The SMILES string of the molecule is CCOc1cccc([C@H]2/C(=C(\O)c3ccc4c(c3)C[C@@H](C)O4)C(=O)C(=O)N2c2nc3ccc(C)cc3s2)c1. The number of aliphatic hydroxyl groups excluding tert-OH is 1. The molecule has 1 aromatic heterocycles. The van der Waals surface area contributed by atoms with E-state index in [9.17, 15) is 14.7 Å². The molecule has 1 N–H and O–H groups in total. The Labute approximate surface area is 224 Å². The average Bonchev–Trinajstić information content (AvgIpc) is 3.56. The van der Waals surface area contributed by atoms with Crippen molar-refractivity contribution < 1.29 is 24.2 Å². The average molecular weight is 527 g/mol. The van der Waals surface area contributed by atoms with Crippen LogP contribution in [0.5, 0.6) is 11.5 Å². The van der Waals surface area contributed by atoms with Crippen molar-refractivity contribution in [1.82, 2.24) is 4.98 Å². The molecule has 0 radical (unpaired) electrons. The van der Waals surface area contributed by atoms with Crippen LogP contribution in [0.2, 0.25) is 0 Å². The van der Waals surface area contributed by atoms with E-state index in [4.69, 9.17) is 14.5 Å². The third-order valence-corrected chi connectivity index (χ3v) is 7.85. The van der Waals surface area contributed by atoms with E-state index in [1.54, 1.807) is 18.2 Å². The van der Waals surface area contributed by atoms with Gasteiger partial charge in [0, 0.05) is 12.0 Å². The molecule has 4 aromatic rings. The van der Waals surface area contributed by atoms with Gasteiger partial charge in [-0.3, -0.25) is 14.5 Å². The number of nitrogens with zero attached hydrogens (tertiary/aromatic N) is 2. The molecule has 1 saturated heterocycles. The van der Waals surface area contributed by atoms with Gasteiger partial charge in [0.2, 0.25) is 0 Å². The van der Waals surface area contributed by atoms with Crippen LogP contribution in [-0.4, -0.2) is 34.5 Å². The fraction of sp³-hybridized carbons (Fsp3) is 0.233. The largest absolute Gasteiger partial charge is 0.507 e. The fourth-order valence-electron chi connectivity index (χ4n) is 5.13. The number of Topliss-reactive ketones (excluding diaryl/α,β-unsaturated/α-hetero) is 1. The van der Waals surface area contributed by atoms with Gasteiger partial charge >= 0.3 is 5.91 Å². The smallest absolute Gasteiger partial charge is 0.301 e. The molecule has 3 heterocycles. The van der Waals surface area contributed by atoms with Crippen molar-refractivity contribution in [1.29, 1.82) is 0 Å². The van der Waals surface area contributed by atoms with E-state index in [0.717, 1.165) is 27.1 Å². The molecule has 8 heteroatoms. The van der Waals surface area contributed by atoms with Gasteiger partial charge in [0.25, 0.3) is 5.78 Å². The normalized spacial score (nSPS) is 20.1. The number of hydrogen-bond donors (Lipinski definition) is 1. The number of benzene rings is 3. The Hall–Kier alpha value is -4.17. The molecular weight excluding hydrogens is 500 g/mol. The lowest BCUT2D eigenvalue weighted by Gasteiger charge is -2.23. The summed E-state index contributed by atoms with van der Waals surface area (Å²) in [6, 6.07) is 17.6. The molecule has 0 spiro atoms. The summed E-state index contributed by atoms with van der Waals surface area (Å²) < 4.78 is 12.4. The first-order chi connectivity index (χ1) is 18.3. The first-order valence-electron chi connectivity index (χ1n) is 12.5. The molecule has 6 rings (SSSR count). The van der Waals surface area contributed by atoms with E-state index in [-0.39, 0.29) is 17.4 Å². The van der Waals surface area contributed by atoms with Crippen LogP contribution >= 0.6 is 11.3 Å². The number of fused-ring (bicyclic) bond motifs is 2. The molecule has 2 aliphatic heterocycles. The summed E-state index contributed by atoms with van der Waals surface area (Å²) in [6.45, 7) is 6.33. The maximum absolute atomic E-state index is 13.6. The second-order valence-corrected chi connectivity index (χ2v) is 10.6. The number of rotatable bonds is 5. The summed E-state index contributed by atoms with van der Waals surface area (Å²) in [5, 5.41) is 11.9. The van der Waals surface area contributed by atoms with Crippen LogP contribution < -0.4 is 14.4 Å². The van der Waals surface area contributed by atoms with Crippen molar-refractivity contribution in [3.63, 3.8) is 0 Å². The maximum Gasteiger partial charge on any atom is 0.301 e. The summed E-state index contributed by atoms with van der Waals surface area (Å²) in [5.74, 6) is -0.335. The number of aromatic nitrogens is 1. The lowest BCUT2D eigenvalue weighted by molar-refractivity contribution is -0.132. The highest BCUT2D eigenvalue weighted by Gasteiger charge is 2.48. The highest BCUT2D eigenvalue weighted by atomic mass is 32.1. The van der Waals surface area contributed by atoms with Crippen LogP contribution in [0.4, 0.5) is 5.13 Å². The number of thiazole rings is 1. The lowest BCUT2D eigenvalue weighted by atomic mass is 9.94. The molecular formula is C30H26N2O5S. The number of aryl methyl sites for hydroxylation is 1. The number of carbonyl (C=O) groups is 2. The van der Waals surface area contributed by atoms with Gasteiger partial charge in [-0.1, -0.05) is 29.5 Å². The van der Waals surface area contributed by atoms with Gasteiger partial charge in [-0.2, -0.15) is 0 Å². The van der Waals surface area contributed by atoms with E-state index in [0.29, 0.717) is 35.0 Å². The van der Waals surface area contributed by atoms with E-state index in [1.165, 1.54) is 16.2 Å². The van der Waals surface area contributed by atoms with Crippen molar-refractivity contribution in [2.75, 3.05) is 11.5 Å². The van der Waals surface area contributed by atoms with Crippen LogP contribution in [0.15, 0.2) is 66.2 Å². The van der Waals surface area contributed by atoms with Crippen molar-refractivity contribution in [2.45, 2.75) is 39.3 Å². The second-order valence-electron chi connectivity index (χ2n) is 9.60. The van der Waals surface area contributed by atoms with Gasteiger partial charge in [0.05, 0.1) is 28.4 Å². The Morgan fingerprint density at radius 3 is 2.82 bits per heavy atom. The van der Waals surface area contributed by atoms with Crippen LogP contribution in [-0.2, 0) is 16.0 Å². The first kappa shape index (κ1) is 24.2. The molecule has 0 bridgehead atoms. The number of hydrogen-bond acceptors (Lipinski definition) is 7. The van der Waals surface area contributed by atoms with Crippen LogP contribution in [0.3, 0.4) is 0 Å². The highest BCUT2D eigenvalue weighted by Crippen LogP contribution is 2.45.